The van der Waals surface area contributed by atoms with Crippen LogP contribution in [0.2, 0.25) is 0 Å². The highest BCUT2D eigenvalue weighted by Gasteiger charge is 2.25. The summed E-state index contributed by atoms with van der Waals surface area (Å²) >= 11 is 1.35. The average molecular weight is 342 g/mol. The predicted molar refractivity (Wildman–Crippen MR) is 87.7 cm³/mol. The zero-order chi connectivity index (χ0) is 17.1. The Labute approximate surface area is 142 Å². The molecular weight excluding hydrogens is 328 g/mol. The van der Waals surface area contributed by atoms with Crippen LogP contribution in [0.5, 0.6) is 0 Å². The van der Waals surface area contributed by atoms with Crippen LogP contribution in [0.25, 0.3) is 0 Å². The molecule has 0 atom stereocenters. The van der Waals surface area contributed by atoms with E-state index in [1.54, 1.807) is 29.2 Å². The monoisotopic (exact) mass is 342 g/mol. The first-order valence-electron chi connectivity index (χ1n) is 7.23. The second-order valence-corrected chi connectivity index (χ2v) is 6.26. The lowest BCUT2D eigenvalue weighted by atomic mass is 10.1. The van der Waals surface area contributed by atoms with E-state index in [0.717, 1.165) is 10.6 Å². The maximum absolute atomic E-state index is 12.2. The second-order valence-electron chi connectivity index (χ2n) is 5.17. The zero-order valence-electron chi connectivity index (χ0n) is 12.9. The van der Waals surface area contributed by atoms with Crippen molar-refractivity contribution in [1.29, 1.82) is 5.26 Å². The molecule has 0 radical (unpaired) electrons. The van der Waals surface area contributed by atoms with Crippen molar-refractivity contribution in [3.63, 3.8) is 0 Å². The van der Waals surface area contributed by atoms with Crippen LogP contribution in [0.1, 0.15) is 26.5 Å². The van der Waals surface area contributed by atoms with Gasteiger partial charge in [0.2, 0.25) is 0 Å². The summed E-state index contributed by atoms with van der Waals surface area (Å²) in [6, 6.07) is 8.39. The van der Waals surface area contributed by atoms with E-state index in [9.17, 15) is 9.59 Å². The summed E-state index contributed by atoms with van der Waals surface area (Å²) in [5, 5.41) is 12.0. The largest absolute Gasteiger partial charge is 0.453 e. The molecule has 7 nitrogen and oxygen atoms in total. The average Bonchev–Trinajstić information content (AvgIpc) is 3.02. The molecule has 2 aromatic rings. The fourth-order valence-electron chi connectivity index (χ4n) is 2.40. The van der Waals surface area contributed by atoms with Crippen molar-refractivity contribution in [2.45, 2.75) is 13.0 Å². The number of hydrogen-bond donors (Lipinski definition) is 1. The highest BCUT2D eigenvalue weighted by Crippen LogP contribution is 2.28. The number of benzene rings is 1. The van der Waals surface area contributed by atoms with Crippen LogP contribution >= 0.6 is 11.3 Å². The van der Waals surface area contributed by atoms with E-state index in [4.69, 9.17) is 10.00 Å². The quantitative estimate of drug-likeness (QED) is 0.904. The van der Waals surface area contributed by atoms with Gasteiger partial charge in [-0.05, 0) is 24.3 Å². The standard InChI is InChI=1S/C16H14N4O3S/c1-23-16(22)20-7-6-12-13(9-20)24-15(18-12)19-14(21)11-4-2-10(8-17)3-5-11/h2-5H,6-7,9H2,1H3,(H,18,19,21). The molecule has 8 heteroatoms. The van der Waals surface area contributed by atoms with E-state index >= 15 is 0 Å². The number of thiazole rings is 1. The number of ether oxygens (including phenoxy) is 1. The molecule has 0 saturated heterocycles. The Hall–Kier alpha value is -2.92. The summed E-state index contributed by atoms with van der Waals surface area (Å²) in [5.41, 5.74) is 1.85. The van der Waals surface area contributed by atoms with Crippen LogP contribution < -0.4 is 5.32 Å². The minimum absolute atomic E-state index is 0.282. The van der Waals surface area contributed by atoms with Crippen molar-refractivity contribution in [3.05, 3.63) is 46.0 Å². The number of fused-ring (bicyclic) bond motifs is 1. The molecule has 1 aliphatic heterocycles. The van der Waals surface area contributed by atoms with Crippen molar-refractivity contribution in [2.75, 3.05) is 19.0 Å². The molecule has 1 aromatic heterocycles. The van der Waals surface area contributed by atoms with Crippen molar-refractivity contribution in [2.24, 2.45) is 0 Å². The van der Waals surface area contributed by atoms with Gasteiger partial charge >= 0.3 is 6.09 Å². The molecule has 2 heterocycles. The lowest BCUT2D eigenvalue weighted by Gasteiger charge is -2.24. The fraction of sp³-hybridized carbons (Fsp3) is 0.250. The minimum Gasteiger partial charge on any atom is -0.453 e. The number of carbonyl (C=O) groups is 2. The van der Waals surface area contributed by atoms with Gasteiger partial charge in [0.25, 0.3) is 5.91 Å². The molecule has 1 N–H and O–H groups in total. The molecule has 2 amide bonds. The number of hydrogen-bond acceptors (Lipinski definition) is 6. The van der Waals surface area contributed by atoms with Crippen molar-refractivity contribution < 1.29 is 14.3 Å². The fourth-order valence-corrected chi connectivity index (χ4v) is 3.42. The molecule has 24 heavy (non-hydrogen) atoms. The Bertz CT molecular complexity index is 823. The van der Waals surface area contributed by atoms with Gasteiger partial charge in [0.1, 0.15) is 0 Å². The lowest BCUT2D eigenvalue weighted by molar-refractivity contribution is 0.102. The third-order valence-corrected chi connectivity index (χ3v) is 4.66. The van der Waals surface area contributed by atoms with E-state index in [1.807, 2.05) is 6.07 Å². The number of nitrogens with one attached hydrogen (secondary N) is 1. The van der Waals surface area contributed by atoms with Gasteiger partial charge in [-0.15, -0.1) is 0 Å². The Morgan fingerprint density at radius 3 is 2.79 bits per heavy atom. The smallest absolute Gasteiger partial charge is 0.409 e. The van der Waals surface area contributed by atoms with E-state index in [2.05, 4.69) is 10.3 Å². The van der Waals surface area contributed by atoms with E-state index < -0.39 is 0 Å². The van der Waals surface area contributed by atoms with Gasteiger partial charge in [-0.25, -0.2) is 9.78 Å². The summed E-state index contributed by atoms with van der Waals surface area (Å²) < 4.78 is 4.73. The van der Waals surface area contributed by atoms with Crippen LogP contribution in [0.3, 0.4) is 0 Å². The van der Waals surface area contributed by atoms with E-state index in [0.29, 0.717) is 35.8 Å². The van der Waals surface area contributed by atoms with Gasteiger partial charge in [-0.3, -0.25) is 10.1 Å². The summed E-state index contributed by atoms with van der Waals surface area (Å²) in [6.45, 7) is 0.985. The highest BCUT2D eigenvalue weighted by molar-refractivity contribution is 7.15. The molecule has 0 saturated carbocycles. The van der Waals surface area contributed by atoms with Gasteiger partial charge < -0.3 is 9.64 Å². The van der Waals surface area contributed by atoms with Gasteiger partial charge in [0.15, 0.2) is 5.13 Å². The number of aromatic nitrogens is 1. The molecule has 122 valence electrons. The molecule has 1 aromatic carbocycles. The first-order valence-corrected chi connectivity index (χ1v) is 8.05. The van der Waals surface area contributed by atoms with E-state index in [1.165, 1.54) is 18.4 Å². The maximum Gasteiger partial charge on any atom is 0.409 e. The summed E-state index contributed by atoms with van der Waals surface area (Å²) in [5.74, 6) is -0.282. The molecule has 0 spiro atoms. The Balaban J connectivity index is 1.71. The number of methoxy groups -OCH3 is 1. The topological polar surface area (TPSA) is 95.3 Å². The first kappa shape index (κ1) is 16.0. The number of nitriles is 1. The number of carbonyl (C=O) groups excluding carboxylic acids is 2. The molecule has 1 aliphatic rings. The second kappa shape index (κ2) is 6.68. The Kier molecular flexibility index (Phi) is 4.44. The highest BCUT2D eigenvalue weighted by atomic mass is 32.1. The number of nitrogens with zero attached hydrogens (tertiary/aromatic N) is 3. The van der Waals surface area contributed by atoms with Crippen LogP contribution in [0, 0.1) is 11.3 Å². The Morgan fingerprint density at radius 2 is 2.12 bits per heavy atom. The van der Waals surface area contributed by atoms with Crippen molar-refractivity contribution in [1.82, 2.24) is 9.88 Å². The molecule has 0 fully saturated rings. The summed E-state index contributed by atoms with van der Waals surface area (Å²) in [6.07, 6.45) is 0.269. The third kappa shape index (κ3) is 3.21. The maximum atomic E-state index is 12.2. The van der Waals surface area contributed by atoms with Gasteiger partial charge in [0, 0.05) is 23.4 Å². The molecule has 0 aliphatic carbocycles. The SMILES string of the molecule is COC(=O)N1CCc2nc(NC(=O)c3ccc(C#N)cc3)sc2C1. The summed E-state index contributed by atoms with van der Waals surface area (Å²) in [7, 11) is 1.35. The molecule has 0 unspecified atom stereocenters. The summed E-state index contributed by atoms with van der Waals surface area (Å²) in [4.78, 5) is 30.8. The normalized spacial score (nSPS) is 12.9. The first-order chi connectivity index (χ1) is 11.6. The minimum atomic E-state index is -0.364. The number of amides is 2. The lowest BCUT2D eigenvalue weighted by Crippen LogP contribution is -2.35. The van der Waals surface area contributed by atoms with Gasteiger partial charge in [-0.1, -0.05) is 11.3 Å². The van der Waals surface area contributed by atoms with Gasteiger partial charge in [0.05, 0.1) is 31.0 Å². The van der Waals surface area contributed by atoms with Crippen LogP contribution in [0.4, 0.5) is 9.93 Å². The van der Waals surface area contributed by atoms with Crippen molar-refractivity contribution >= 4 is 28.5 Å². The Morgan fingerprint density at radius 1 is 1.38 bits per heavy atom. The van der Waals surface area contributed by atoms with Crippen LogP contribution in [-0.2, 0) is 17.7 Å². The van der Waals surface area contributed by atoms with Gasteiger partial charge in [-0.2, -0.15) is 5.26 Å². The van der Waals surface area contributed by atoms with Crippen LogP contribution in [-0.4, -0.2) is 35.5 Å². The third-order valence-electron chi connectivity index (χ3n) is 3.66. The molecule has 3 rings (SSSR count). The van der Waals surface area contributed by atoms with E-state index in [-0.39, 0.29) is 12.0 Å². The molecule has 0 bridgehead atoms. The van der Waals surface area contributed by atoms with Crippen LogP contribution in [0.15, 0.2) is 24.3 Å². The zero-order valence-corrected chi connectivity index (χ0v) is 13.7. The van der Waals surface area contributed by atoms with Crippen molar-refractivity contribution in [3.8, 4) is 6.07 Å². The number of rotatable bonds is 2. The predicted octanol–water partition coefficient (Wildman–Crippen LogP) is 2.39. The number of anilines is 1. The molecular formula is C16H14N4O3S.